The highest BCUT2D eigenvalue weighted by atomic mass is 16.5. The molecule has 1 amide bonds. The van der Waals surface area contributed by atoms with E-state index in [4.69, 9.17) is 4.74 Å². The summed E-state index contributed by atoms with van der Waals surface area (Å²) in [4.78, 5) is 27.1. The fourth-order valence-corrected chi connectivity index (χ4v) is 3.13. The first-order valence-corrected chi connectivity index (χ1v) is 10.2. The van der Waals surface area contributed by atoms with Crippen LogP contribution in [0.15, 0.2) is 55.1 Å². The smallest absolute Gasteiger partial charge is 0.253 e. The molecule has 0 spiro atoms. The zero-order valence-corrected chi connectivity index (χ0v) is 18.0. The molecule has 0 saturated carbocycles. The molecule has 30 heavy (non-hydrogen) atoms. The Hall–Kier alpha value is -3.12. The molecule has 0 atom stereocenters. The van der Waals surface area contributed by atoms with Gasteiger partial charge in [0.15, 0.2) is 5.78 Å². The van der Waals surface area contributed by atoms with E-state index in [-0.39, 0.29) is 18.2 Å². The van der Waals surface area contributed by atoms with Gasteiger partial charge in [-0.25, -0.2) is 0 Å². The van der Waals surface area contributed by atoms with Gasteiger partial charge >= 0.3 is 0 Å². The summed E-state index contributed by atoms with van der Waals surface area (Å²) < 4.78 is 5.42. The summed E-state index contributed by atoms with van der Waals surface area (Å²) in [5.74, 6) is 0.464. The molecule has 0 bridgehead atoms. The molecule has 6 nitrogen and oxygen atoms in total. The van der Waals surface area contributed by atoms with Crippen LogP contribution in [0.5, 0.6) is 5.75 Å². The zero-order valence-electron chi connectivity index (χ0n) is 18.0. The van der Waals surface area contributed by atoms with E-state index in [1.54, 1.807) is 30.2 Å². The van der Waals surface area contributed by atoms with Crippen molar-refractivity contribution in [3.63, 3.8) is 0 Å². The lowest BCUT2D eigenvalue weighted by atomic mass is 10.1. The third kappa shape index (κ3) is 5.94. The van der Waals surface area contributed by atoms with Gasteiger partial charge in [-0.2, -0.15) is 0 Å². The number of nitrogens with one attached hydrogen (secondary N) is 2. The van der Waals surface area contributed by atoms with E-state index in [0.717, 1.165) is 12.1 Å². The summed E-state index contributed by atoms with van der Waals surface area (Å²) in [6, 6.07) is 12.7. The van der Waals surface area contributed by atoms with Crippen LogP contribution >= 0.6 is 0 Å². The molecule has 0 aliphatic carbocycles. The quantitative estimate of drug-likeness (QED) is 0.311. The van der Waals surface area contributed by atoms with Gasteiger partial charge in [0.05, 0.1) is 24.9 Å². The predicted octanol–water partition coefficient (Wildman–Crippen LogP) is 4.27. The van der Waals surface area contributed by atoms with E-state index >= 15 is 0 Å². The van der Waals surface area contributed by atoms with Crippen molar-refractivity contribution in [2.45, 2.75) is 20.3 Å². The first-order valence-electron chi connectivity index (χ1n) is 10.2. The van der Waals surface area contributed by atoms with Gasteiger partial charge in [0.1, 0.15) is 5.75 Å². The average Bonchev–Trinajstić information content (AvgIpc) is 2.77. The van der Waals surface area contributed by atoms with Crippen LogP contribution in [0, 0.1) is 0 Å². The summed E-state index contributed by atoms with van der Waals surface area (Å²) >= 11 is 0. The highest BCUT2D eigenvalue weighted by molar-refractivity contribution is 6.05. The maximum absolute atomic E-state index is 12.8. The molecule has 0 saturated heterocycles. The molecule has 2 N–H and O–H groups in total. The van der Waals surface area contributed by atoms with Crippen molar-refractivity contribution in [3.05, 3.63) is 66.2 Å². The fourth-order valence-electron chi connectivity index (χ4n) is 3.13. The topological polar surface area (TPSA) is 70.7 Å². The second-order valence-corrected chi connectivity index (χ2v) is 6.74. The number of hydrogen-bond acceptors (Lipinski definition) is 5. The molecule has 0 unspecified atom stereocenters. The van der Waals surface area contributed by atoms with Gasteiger partial charge in [0.25, 0.3) is 5.91 Å². The predicted molar refractivity (Wildman–Crippen MR) is 122 cm³/mol. The van der Waals surface area contributed by atoms with Gasteiger partial charge in [-0.15, -0.1) is 6.58 Å². The standard InChI is InChI=1S/C24H31N3O3/c1-5-8-16-25-17-21(28)23-20(10-9-11-22(23)30-4)26-19-14-12-18(13-15-19)24(29)27(6-2)7-3/h5,9-15,25-26H,1,6-8,16-17H2,2-4H3. The van der Waals surface area contributed by atoms with Gasteiger partial charge in [-0.3, -0.25) is 9.59 Å². The number of anilines is 2. The normalized spacial score (nSPS) is 10.4. The van der Waals surface area contributed by atoms with Crippen molar-refractivity contribution in [1.82, 2.24) is 10.2 Å². The largest absolute Gasteiger partial charge is 0.496 e. The van der Waals surface area contributed by atoms with E-state index in [0.29, 0.717) is 42.2 Å². The van der Waals surface area contributed by atoms with E-state index < -0.39 is 0 Å². The molecule has 160 valence electrons. The van der Waals surface area contributed by atoms with Gasteiger partial charge in [-0.05, 0) is 63.2 Å². The molecule has 0 aromatic heterocycles. The Bertz CT molecular complexity index is 858. The second-order valence-electron chi connectivity index (χ2n) is 6.74. The van der Waals surface area contributed by atoms with Crippen molar-refractivity contribution in [2.24, 2.45) is 0 Å². The summed E-state index contributed by atoms with van der Waals surface area (Å²) in [5.41, 5.74) is 2.58. The molecule has 2 aromatic carbocycles. The number of nitrogens with zero attached hydrogens (tertiary/aromatic N) is 1. The van der Waals surface area contributed by atoms with Crippen LogP contribution in [0.25, 0.3) is 0 Å². The number of hydrogen-bond donors (Lipinski definition) is 2. The summed E-state index contributed by atoms with van der Waals surface area (Å²) in [5, 5.41) is 6.41. The first kappa shape index (κ1) is 23.2. The lowest BCUT2D eigenvalue weighted by Crippen LogP contribution is -2.30. The van der Waals surface area contributed by atoms with Gasteiger partial charge in [0, 0.05) is 24.3 Å². The Morgan fingerprint density at radius 2 is 1.80 bits per heavy atom. The van der Waals surface area contributed by atoms with Crippen molar-refractivity contribution < 1.29 is 14.3 Å². The maximum atomic E-state index is 12.8. The monoisotopic (exact) mass is 409 g/mol. The molecule has 0 heterocycles. The molecule has 0 aliphatic rings. The highest BCUT2D eigenvalue weighted by Gasteiger charge is 2.17. The molecule has 2 aromatic rings. The minimum Gasteiger partial charge on any atom is -0.496 e. The minimum atomic E-state index is -0.0626. The van der Waals surface area contributed by atoms with Gasteiger partial charge < -0.3 is 20.3 Å². The fraction of sp³-hybridized carbons (Fsp3) is 0.333. The highest BCUT2D eigenvalue weighted by Crippen LogP contribution is 2.29. The number of Topliss-reactive ketones (excluding diaryl/α,β-unsaturated/α-hetero) is 1. The maximum Gasteiger partial charge on any atom is 0.253 e. The van der Waals surface area contributed by atoms with Gasteiger partial charge in [-0.1, -0.05) is 12.1 Å². The van der Waals surface area contributed by atoms with Crippen LogP contribution in [0.4, 0.5) is 11.4 Å². The number of ketones is 1. The van der Waals surface area contributed by atoms with Crippen LogP contribution in [0.1, 0.15) is 41.0 Å². The molecular weight excluding hydrogens is 378 g/mol. The zero-order chi connectivity index (χ0) is 21.9. The molecule has 0 aliphatic heterocycles. The Morgan fingerprint density at radius 3 is 2.40 bits per heavy atom. The number of benzene rings is 2. The Labute approximate surface area is 178 Å². The van der Waals surface area contributed by atoms with E-state index in [9.17, 15) is 9.59 Å². The van der Waals surface area contributed by atoms with Crippen LogP contribution in [-0.4, -0.2) is 49.9 Å². The van der Waals surface area contributed by atoms with Crippen LogP contribution in [0.3, 0.4) is 0 Å². The Kier molecular flexibility index (Phi) is 9.09. The number of methoxy groups -OCH3 is 1. The summed E-state index contributed by atoms with van der Waals surface area (Å²) in [7, 11) is 1.55. The van der Waals surface area contributed by atoms with Crippen molar-refractivity contribution in [2.75, 3.05) is 38.6 Å². The number of carbonyl (C=O) groups excluding carboxylic acids is 2. The van der Waals surface area contributed by atoms with Crippen LogP contribution in [0.2, 0.25) is 0 Å². The number of rotatable bonds is 12. The van der Waals surface area contributed by atoms with Crippen molar-refractivity contribution in [1.29, 1.82) is 0 Å². The lowest BCUT2D eigenvalue weighted by molar-refractivity contribution is 0.0772. The number of carbonyl (C=O) groups is 2. The first-order chi connectivity index (χ1) is 14.5. The molecular formula is C24H31N3O3. The van der Waals surface area contributed by atoms with E-state index in [2.05, 4.69) is 17.2 Å². The minimum absolute atomic E-state index is 0.00870. The number of amides is 1. The van der Waals surface area contributed by atoms with Crippen molar-refractivity contribution in [3.8, 4) is 5.75 Å². The van der Waals surface area contributed by atoms with Crippen LogP contribution in [-0.2, 0) is 0 Å². The number of ether oxygens (including phenoxy) is 1. The van der Waals surface area contributed by atoms with E-state index in [1.807, 2.05) is 44.2 Å². The summed E-state index contributed by atoms with van der Waals surface area (Å²) in [6.45, 7) is 9.85. The third-order valence-electron chi connectivity index (χ3n) is 4.80. The molecule has 0 radical (unpaired) electrons. The second kappa shape index (κ2) is 11.8. The summed E-state index contributed by atoms with van der Waals surface area (Å²) in [6.07, 6.45) is 2.60. The lowest BCUT2D eigenvalue weighted by Gasteiger charge is -2.19. The van der Waals surface area contributed by atoms with Crippen molar-refractivity contribution >= 4 is 23.1 Å². The average molecular weight is 410 g/mol. The SMILES string of the molecule is C=CCCNCC(=O)c1c(Nc2ccc(C(=O)N(CC)CC)cc2)cccc1OC. The third-order valence-corrected chi connectivity index (χ3v) is 4.80. The Balaban J connectivity index is 2.20. The molecule has 2 rings (SSSR count). The van der Waals surface area contributed by atoms with E-state index in [1.165, 1.54) is 0 Å². The van der Waals surface area contributed by atoms with Crippen LogP contribution < -0.4 is 15.4 Å². The molecule has 0 fully saturated rings. The molecule has 6 heteroatoms. The Morgan fingerprint density at radius 1 is 1.10 bits per heavy atom. The van der Waals surface area contributed by atoms with Gasteiger partial charge in [0.2, 0.25) is 0 Å².